The molecule has 354 valence electrons. The van der Waals surface area contributed by atoms with E-state index < -0.39 is 5.41 Å². The van der Waals surface area contributed by atoms with Crippen LogP contribution >= 0.6 is 0 Å². The van der Waals surface area contributed by atoms with Gasteiger partial charge in [0.2, 0.25) is 0 Å². The summed E-state index contributed by atoms with van der Waals surface area (Å²) in [6.07, 6.45) is 0. The van der Waals surface area contributed by atoms with Crippen molar-refractivity contribution in [3.63, 3.8) is 0 Å². The molecule has 12 aromatic carbocycles. The van der Waals surface area contributed by atoms with Crippen LogP contribution in [0.4, 0.5) is 17.1 Å². The zero-order valence-electron chi connectivity index (χ0n) is 41.4. The number of anilines is 3. The molecule has 0 saturated carbocycles. The maximum Gasteiger partial charge on any atom is 0.143 e. The highest BCUT2D eigenvalue weighted by atomic mass is 16.3. The van der Waals surface area contributed by atoms with E-state index in [9.17, 15) is 0 Å². The van der Waals surface area contributed by atoms with Crippen LogP contribution in [0.2, 0.25) is 0 Å². The zero-order chi connectivity index (χ0) is 49.9. The van der Waals surface area contributed by atoms with Crippen LogP contribution in [0.1, 0.15) is 22.3 Å². The summed E-state index contributed by atoms with van der Waals surface area (Å²) in [5.74, 6) is 0. The predicted octanol–water partition coefficient (Wildman–Crippen LogP) is 19.5. The Kier molecular flexibility index (Phi) is 9.25. The Hall–Kier alpha value is -9.96. The molecule has 2 aliphatic rings. The fourth-order valence-corrected chi connectivity index (χ4v) is 13.3. The number of hydrogen-bond acceptors (Lipinski definition) is 2. The highest BCUT2D eigenvalue weighted by Crippen LogP contribution is 2.64. The van der Waals surface area contributed by atoms with E-state index in [0.29, 0.717) is 0 Å². The molecule has 0 unspecified atom stereocenters. The van der Waals surface area contributed by atoms with Gasteiger partial charge in [-0.25, -0.2) is 0 Å². The molecule has 2 aliphatic carbocycles. The normalized spacial score (nSPS) is 12.8. The average Bonchev–Trinajstić information content (AvgIpc) is 4.40. The lowest BCUT2D eigenvalue weighted by molar-refractivity contribution is 0.671. The van der Waals surface area contributed by atoms with E-state index in [1.807, 2.05) is 0 Å². The molecule has 0 bridgehead atoms. The van der Waals surface area contributed by atoms with Gasteiger partial charge in [-0.1, -0.05) is 224 Å². The summed E-state index contributed by atoms with van der Waals surface area (Å²) in [5.41, 5.74) is 25.3. The molecule has 1 spiro atoms. The average molecular weight is 967 g/mol. The summed E-state index contributed by atoms with van der Waals surface area (Å²) in [5, 5.41) is 4.71. The number of para-hydroxylation sites is 4. The van der Waals surface area contributed by atoms with Crippen LogP contribution in [-0.2, 0) is 5.41 Å². The summed E-state index contributed by atoms with van der Waals surface area (Å²) < 4.78 is 9.32. The van der Waals surface area contributed by atoms with Crippen LogP contribution in [0.3, 0.4) is 0 Å². The van der Waals surface area contributed by atoms with Crippen molar-refractivity contribution in [2.45, 2.75) is 5.41 Å². The second-order valence-corrected chi connectivity index (χ2v) is 20.2. The molecule has 0 N–H and O–H groups in total. The fourth-order valence-electron chi connectivity index (χ4n) is 13.3. The van der Waals surface area contributed by atoms with Crippen molar-refractivity contribution in [3.8, 4) is 61.3 Å². The van der Waals surface area contributed by atoms with E-state index in [2.05, 4.69) is 289 Å². The molecular weight excluding hydrogens is 921 g/mol. The smallest absolute Gasteiger partial charge is 0.143 e. The van der Waals surface area contributed by atoms with Crippen molar-refractivity contribution in [2.24, 2.45) is 0 Å². The predicted molar refractivity (Wildman–Crippen MR) is 315 cm³/mol. The van der Waals surface area contributed by atoms with Gasteiger partial charge in [-0.15, -0.1) is 0 Å². The number of furan rings is 1. The third-order valence-corrected chi connectivity index (χ3v) is 16.4. The maximum atomic E-state index is 6.93. The standard InChI is InChI=1S/C73H46N2O/c1-3-19-47(20-4-1)54-28-15-30-58-59-31-16-29-55(72(59)76-71(54)58)49-41-45-52(46-42-49)74(51-43-39-48(40-44-51)53-27-17-37-67-69(53)61-26-10-14-36-66(61)75(67)50-21-5-2-6-22-50)68-38-18-35-65-70(68)60-25-9-13-34-64(60)73(65)62-32-11-7-23-56(62)57-24-8-12-33-63(57)73/h1-46H. The number of fused-ring (bicyclic) bond motifs is 16. The Morgan fingerprint density at radius 1 is 0.303 bits per heavy atom. The lowest BCUT2D eigenvalue weighted by Crippen LogP contribution is -2.26. The Morgan fingerprint density at radius 3 is 1.38 bits per heavy atom. The number of benzene rings is 12. The zero-order valence-corrected chi connectivity index (χ0v) is 41.4. The maximum absolute atomic E-state index is 6.93. The molecule has 2 aromatic heterocycles. The van der Waals surface area contributed by atoms with E-state index in [4.69, 9.17) is 4.42 Å². The van der Waals surface area contributed by atoms with Gasteiger partial charge in [0, 0.05) is 55.3 Å². The molecular formula is C73H46N2O. The minimum atomic E-state index is -0.474. The second-order valence-electron chi connectivity index (χ2n) is 20.2. The van der Waals surface area contributed by atoms with Crippen LogP contribution < -0.4 is 4.90 Å². The molecule has 76 heavy (non-hydrogen) atoms. The first-order chi connectivity index (χ1) is 37.7. The lowest BCUT2D eigenvalue weighted by atomic mass is 9.70. The molecule has 16 rings (SSSR count). The van der Waals surface area contributed by atoms with Gasteiger partial charge in [-0.3, -0.25) is 0 Å². The molecule has 14 aromatic rings. The number of rotatable bonds is 7. The van der Waals surface area contributed by atoms with Gasteiger partial charge < -0.3 is 13.9 Å². The van der Waals surface area contributed by atoms with Crippen molar-refractivity contribution in [3.05, 3.63) is 301 Å². The first kappa shape index (κ1) is 42.5. The number of nitrogens with zero attached hydrogens (tertiary/aromatic N) is 2. The minimum Gasteiger partial charge on any atom is -0.455 e. The van der Waals surface area contributed by atoms with Gasteiger partial charge in [0.05, 0.1) is 22.1 Å². The third-order valence-electron chi connectivity index (χ3n) is 16.4. The van der Waals surface area contributed by atoms with E-state index >= 15 is 0 Å². The molecule has 0 amide bonds. The van der Waals surface area contributed by atoms with Gasteiger partial charge in [0.1, 0.15) is 11.2 Å². The highest BCUT2D eigenvalue weighted by molar-refractivity contribution is 6.16. The topological polar surface area (TPSA) is 21.3 Å². The minimum absolute atomic E-state index is 0.474. The fraction of sp³-hybridized carbons (Fsp3) is 0.0137. The van der Waals surface area contributed by atoms with Crippen molar-refractivity contribution >= 4 is 60.8 Å². The van der Waals surface area contributed by atoms with E-state index in [1.165, 1.54) is 71.9 Å². The van der Waals surface area contributed by atoms with Crippen LogP contribution in [-0.4, -0.2) is 4.57 Å². The van der Waals surface area contributed by atoms with E-state index in [1.54, 1.807) is 0 Å². The van der Waals surface area contributed by atoms with Gasteiger partial charge >= 0.3 is 0 Å². The quantitative estimate of drug-likeness (QED) is 0.159. The third kappa shape index (κ3) is 5.99. The lowest BCUT2D eigenvalue weighted by Gasteiger charge is -2.32. The van der Waals surface area contributed by atoms with Crippen molar-refractivity contribution in [2.75, 3.05) is 4.90 Å². The Bertz CT molecular complexity index is 4580. The largest absolute Gasteiger partial charge is 0.455 e. The van der Waals surface area contributed by atoms with Crippen molar-refractivity contribution in [1.82, 2.24) is 4.57 Å². The first-order valence-electron chi connectivity index (χ1n) is 26.2. The van der Waals surface area contributed by atoms with Crippen molar-refractivity contribution in [1.29, 1.82) is 0 Å². The summed E-state index contributed by atoms with van der Waals surface area (Å²) in [6, 6.07) is 102. The van der Waals surface area contributed by atoms with Gasteiger partial charge in [0.25, 0.3) is 0 Å². The van der Waals surface area contributed by atoms with Gasteiger partial charge in [0.15, 0.2) is 0 Å². The van der Waals surface area contributed by atoms with Crippen LogP contribution in [0, 0.1) is 0 Å². The Morgan fingerprint density at radius 2 is 0.737 bits per heavy atom. The SMILES string of the molecule is c1ccc(-c2cccc3c2oc2c(-c4ccc(N(c5ccc(-c6cccc7c6c6ccccc6n7-c6ccccc6)cc5)c5cccc6c5-c5ccccc5C65c6ccccc6-c6ccccc65)cc4)cccc23)cc1. The molecule has 0 radical (unpaired) electrons. The highest BCUT2D eigenvalue weighted by Gasteiger charge is 2.52. The summed E-state index contributed by atoms with van der Waals surface area (Å²) in [7, 11) is 0. The molecule has 0 atom stereocenters. The van der Waals surface area contributed by atoms with Gasteiger partial charge in [-0.2, -0.15) is 0 Å². The molecule has 0 saturated heterocycles. The second kappa shape index (κ2) is 16.5. The summed E-state index contributed by atoms with van der Waals surface area (Å²) >= 11 is 0. The first-order valence-corrected chi connectivity index (χ1v) is 26.2. The van der Waals surface area contributed by atoms with E-state index in [-0.39, 0.29) is 0 Å². The molecule has 3 heteroatoms. The molecule has 3 nitrogen and oxygen atoms in total. The Balaban J connectivity index is 0.887. The summed E-state index contributed by atoms with van der Waals surface area (Å²) in [4.78, 5) is 2.48. The molecule has 2 heterocycles. The Labute approximate surface area is 440 Å². The molecule has 0 fully saturated rings. The van der Waals surface area contributed by atoms with E-state index in [0.717, 1.165) is 72.5 Å². The summed E-state index contributed by atoms with van der Waals surface area (Å²) in [6.45, 7) is 0. The van der Waals surface area contributed by atoms with Crippen molar-refractivity contribution < 1.29 is 4.42 Å². The molecule has 0 aliphatic heterocycles. The van der Waals surface area contributed by atoms with Crippen LogP contribution in [0.5, 0.6) is 0 Å². The number of aromatic nitrogens is 1. The van der Waals surface area contributed by atoms with Crippen LogP contribution in [0.15, 0.2) is 283 Å². The number of hydrogen-bond donors (Lipinski definition) is 0. The monoisotopic (exact) mass is 966 g/mol. The van der Waals surface area contributed by atoms with Crippen LogP contribution in [0.25, 0.3) is 105 Å². The van der Waals surface area contributed by atoms with Gasteiger partial charge in [-0.05, 0) is 116 Å².